The number of halogens is 3. The Morgan fingerprint density at radius 1 is 1.04 bits per heavy atom. The molecule has 140 valence electrons. The average molecular weight is 377 g/mol. The van der Waals surface area contributed by atoms with E-state index in [1.165, 1.54) is 10.6 Å². The first-order valence-corrected chi connectivity index (χ1v) is 7.85. The minimum absolute atomic E-state index is 0.0120. The lowest BCUT2D eigenvalue weighted by atomic mass is 10.1. The van der Waals surface area contributed by atoms with Gasteiger partial charge >= 0.3 is 12.1 Å². The monoisotopic (exact) mass is 377 g/mol. The van der Waals surface area contributed by atoms with Gasteiger partial charge in [0.1, 0.15) is 5.56 Å². The highest BCUT2D eigenvalue weighted by Crippen LogP contribution is 2.30. The van der Waals surface area contributed by atoms with Crippen molar-refractivity contribution in [3.63, 3.8) is 0 Å². The van der Waals surface area contributed by atoms with Crippen LogP contribution in [0, 0.1) is 0 Å². The van der Waals surface area contributed by atoms with Crippen LogP contribution in [0.2, 0.25) is 0 Å². The molecule has 1 aromatic carbocycles. The van der Waals surface area contributed by atoms with Crippen molar-refractivity contribution < 1.29 is 23.1 Å². The summed E-state index contributed by atoms with van der Waals surface area (Å²) in [6.45, 7) is 0.352. The standard InChI is InChI=1S/C18H14F3N3O3/c19-18(20,21)16-14(17(26)27)11-24(22-16)10-13-6-4-12(5-7-13)9-23-8-2-1-3-15(23)25/h1-8,11H,9-10H2,(H,26,27). The number of rotatable bonds is 5. The quantitative estimate of drug-likeness (QED) is 0.742. The number of carbonyl (C=O) groups is 1. The molecule has 9 heteroatoms. The molecule has 6 nitrogen and oxygen atoms in total. The molecular formula is C18H14F3N3O3. The summed E-state index contributed by atoms with van der Waals surface area (Å²) >= 11 is 0. The van der Waals surface area contributed by atoms with Crippen LogP contribution in [0.4, 0.5) is 13.2 Å². The fourth-order valence-electron chi connectivity index (χ4n) is 2.59. The number of aromatic carboxylic acids is 1. The highest BCUT2D eigenvalue weighted by Gasteiger charge is 2.39. The molecule has 0 unspecified atom stereocenters. The molecule has 3 aromatic rings. The van der Waals surface area contributed by atoms with Crippen molar-refractivity contribution in [2.75, 3.05) is 0 Å². The lowest BCUT2D eigenvalue weighted by Gasteiger charge is -2.07. The predicted octanol–water partition coefficient (Wildman–Crippen LogP) is 2.86. The summed E-state index contributed by atoms with van der Waals surface area (Å²) in [6, 6.07) is 11.7. The van der Waals surface area contributed by atoms with Gasteiger partial charge in [0.15, 0.2) is 5.69 Å². The average Bonchev–Trinajstić information content (AvgIpc) is 3.03. The Hall–Kier alpha value is -3.36. The van der Waals surface area contributed by atoms with Crippen LogP contribution in [0.15, 0.2) is 59.7 Å². The molecule has 0 aliphatic heterocycles. The van der Waals surface area contributed by atoms with Gasteiger partial charge in [-0.25, -0.2) is 4.79 Å². The van der Waals surface area contributed by atoms with Crippen LogP contribution in [0.3, 0.4) is 0 Å². The van der Waals surface area contributed by atoms with Crippen LogP contribution in [-0.4, -0.2) is 25.4 Å². The molecule has 0 saturated heterocycles. The van der Waals surface area contributed by atoms with Crippen molar-refractivity contribution in [3.05, 3.63) is 87.6 Å². The van der Waals surface area contributed by atoms with E-state index in [0.717, 1.165) is 16.4 Å². The van der Waals surface area contributed by atoms with E-state index in [9.17, 15) is 22.8 Å². The van der Waals surface area contributed by atoms with E-state index in [0.29, 0.717) is 12.1 Å². The number of hydrogen-bond donors (Lipinski definition) is 1. The SMILES string of the molecule is O=C(O)c1cn(Cc2ccc(Cn3ccccc3=O)cc2)nc1C(F)(F)F. The highest BCUT2D eigenvalue weighted by atomic mass is 19.4. The Balaban J connectivity index is 1.78. The maximum Gasteiger partial charge on any atom is 0.436 e. The van der Waals surface area contributed by atoms with Crippen molar-refractivity contribution in [2.24, 2.45) is 0 Å². The van der Waals surface area contributed by atoms with E-state index in [1.54, 1.807) is 42.6 Å². The molecule has 0 aliphatic rings. The van der Waals surface area contributed by atoms with Gasteiger partial charge in [-0.15, -0.1) is 0 Å². The maximum absolute atomic E-state index is 12.9. The van der Waals surface area contributed by atoms with Crippen LogP contribution >= 0.6 is 0 Å². The number of pyridine rings is 1. The zero-order valence-corrected chi connectivity index (χ0v) is 13.8. The topological polar surface area (TPSA) is 77.1 Å². The molecule has 0 bridgehead atoms. The van der Waals surface area contributed by atoms with E-state index in [2.05, 4.69) is 5.10 Å². The van der Waals surface area contributed by atoms with Gasteiger partial charge in [0, 0.05) is 18.5 Å². The van der Waals surface area contributed by atoms with E-state index in [4.69, 9.17) is 5.11 Å². The summed E-state index contributed by atoms with van der Waals surface area (Å²) in [5, 5.41) is 12.3. The van der Waals surface area contributed by atoms with Gasteiger partial charge in [-0.3, -0.25) is 9.48 Å². The van der Waals surface area contributed by atoms with Gasteiger partial charge in [-0.2, -0.15) is 18.3 Å². The van der Waals surface area contributed by atoms with Crippen LogP contribution in [0.25, 0.3) is 0 Å². The van der Waals surface area contributed by atoms with Crippen LogP contribution in [0.5, 0.6) is 0 Å². The number of aromatic nitrogens is 3. The molecule has 0 saturated carbocycles. The molecule has 0 radical (unpaired) electrons. The lowest BCUT2D eigenvalue weighted by Crippen LogP contribution is -2.18. The van der Waals surface area contributed by atoms with Gasteiger partial charge in [-0.05, 0) is 17.2 Å². The van der Waals surface area contributed by atoms with Gasteiger partial charge < -0.3 is 9.67 Å². The number of nitrogens with zero attached hydrogens (tertiary/aromatic N) is 3. The smallest absolute Gasteiger partial charge is 0.436 e. The van der Waals surface area contributed by atoms with Gasteiger partial charge in [0.25, 0.3) is 5.56 Å². The molecule has 0 spiro atoms. The normalized spacial score (nSPS) is 11.5. The number of alkyl halides is 3. The molecule has 2 aromatic heterocycles. The first kappa shape index (κ1) is 18.4. The van der Waals surface area contributed by atoms with Crippen molar-refractivity contribution in [2.45, 2.75) is 19.3 Å². The van der Waals surface area contributed by atoms with Gasteiger partial charge in [-0.1, -0.05) is 30.3 Å². The second-order valence-electron chi connectivity index (χ2n) is 5.88. The molecule has 3 rings (SSSR count). The number of hydrogen-bond acceptors (Lipinski definition) is 3. The number of carboxylic acid groups (broad SMARTS) is 1. The molecule has 1 N–H and O–H groups in total. The second kappa shape index (κ2) is 7.10. The zero-order valence-electron chi connectivity index (χ0n) is 13.8. The predicted molar refractivity (Wildman–Crippen MR) is 89.5 cm³/mol. The molecule has 0 fully saturated rings. The Morgan fingerprint density at radius 3 is 2.19 bits per heavy atom. The zero-order chi connectivity index (χ0) is 19.6. The summed E-state index contributed by atoms with van der Waals surface area (Å²) in [6.07, 6.45) is -2.32. The fraction of sp³-hybridized carbons (Fsp3) is 0.167. The summed E-state index contributed by atoms with van der Waals surface area (Å²) in [4.78, 5) is 22.7. The lowest BCUT2D eigenvalue weighted by molar-refractivity contribution is -0.142. The van der Waals surface area contributed by atoms with Crippen molar-refractivity contribution >= 4 is 5.97 Å². The number of benzene rings is 1. The molecule has 27 heavy (non-hydrogen) atoms. The van der Waals surface area contributed by atoms with E-state index >= 15 is 0 Å². The summed E-state index contributed by atoms with van der Waals surface area (Å²) in [5.41, 5.74) is -0.960. The fourth-order valence-corrected chi connectivity index (χ4v) is 2.59. The minimum atomic E-state index is -4.84. The first-order chi connectivity index (χ1) is 12.7. The summed E-state index contributed by atoms with van der Waals surface area (Å²) in [7, 11) is 0. The van der Waals surface area contributed by atoms with Crippen molar-refractivity contribution in [1.29, 1.82) is 0 Å². The highest BCUT2D eigenvalue weighted by molar-refractivity contribution is 5.88. The maximum atomic E-state index is 12.9. The Bertz CT molecular complexity index is 1020. The van der Waals surface area contributed by atoms with Crippen molar-refractivity contribution in [3.8, 4) is 0 Å². The Morgan fingerprint density at radius 2 is 1.67 bits per heavy atom. The summed E-state index contributed by atoms with van der Waals surface area (Å²) < 4.78 is 41.1. The Labute approximate surface area is 151 Å². The van der Waals surface area contributed by atoms with Gasteiger partial charge in [0.2, 0.25) is 0 Å². The molecule has 0 aliphatic carbocycles. The van der Waals surface area contributed by atoms with E-state index < -0.39 is 23.4 Å². The third-order valence-electron chi connectivity index (χ3n) is 3.88. The third-order valence-corrected chi connectivity index (χ3v) is 3.88. The third kappa shape index (κ3) is 4.25. The van der Waals surface area contributed by atoms with E-state index in [1.807, 2.05) is 0 Å². The first-order valence-electron chi connectivity index (χ1n) is 7.85. The Kier molecular flexibility index (Phi) is 4.85. The van der Waals surface area contributed by atoms with Crippen LogP contribution < -0.4 is 5.56 Å². The molecule has 0 amide bonds. The summed E-state index contributed by atoms with van der Waals surface area (Å²) in [5.74, 6) is -1.68. The van der Waals surface area contributed by atoms with Gasteiger partial charge in [0.05, 0.1) is 13.1 Å². The van der Waals surface area contributed by atoms with E-state index in [-0.39, 0.29) is 12.1 Å². The number of carboxylic acids is 1. The van der Waals surface area contributed by atoms with Crippen LogP contribution in [-0.2, 0) is 19.3 Å². The minimum Gasteiger partial charge on any atom is -0.478 e. The largest absolute Gasteiger partial charge is 0.478 e. The molecular weight excluding hydrogens is 363 g/mol. The molecule has 2 heterocycles. The second-order valence-corrected chi connectivity index (χ2v) is 5.88. The van der Waals surface area contributed by atoms with Crippen LogP contribution in [0.1, 0.15) is 27.2 Å². The van der Waals surface area contributed by atoms with Crippen molar-refractivity contribution in [1.82, 2.24) is 14.3 Å². The molecule has 0 atom stereocenters.